The minimum absolute atomic E-state index is 0.0000831. The van der Waals surface area contributed by atoms with Crippen molar-refractivity contribution in [3.63, 3.8) is 0 Å². The lowest BCUT2D eigenvalue weighted by atomic mass is 9.80. The molecule has 190 valence electrons. The van der Waals surface area contributed by atoms with Crippen LogP contribution in [0.4, 0.5) is 0 Å². The topological polar surface area (TPSA) is 162 Å². The van der Waals surface area contributed by atoms with Gasteiger partial charge in [-0.15, -0.1) is 0 Å². The van der Waals surface area contributed by atoms with E-state index in [0.29, 0.717) is 21.9 Å². The van der Waals surface area contributed by atoms with Crippen LogP contribution < -0.4 is 5.46 Å². The third kappa shape index (κ3) is 2.97. The first-order valence-corrected chi connectivity index (χ1v) is 12.3. The Hall–Kier alpha value is -4.14. The number of rotatable bonds is 3. The molecule has 0 aliphatic heterocycles. The predicted octanol–water partition coefficient (Wildman–Crippen LogP) is 3.93. The minimum atomic E-state index is -0.869. The molecule has 0 amide bonds. The molecule has 2 fully saturated rings. The highest BCUT2D eigenvalue weighted by atomic mass is 16.3. The van der Waals surface area contributed by atoms with Gasteiger partial charge >= 0.3 is 0 Å². The average molecular weight is 502 g/mol. The molecule has 2 aliphatic carbocycles. The summed E-state index contributed by atoms with van der Waals surface area (Å²) in [6.45, 7) is 3.68. The largest absolute Gasteiger partial charge is 0.508 e. The number of benzene rings is 4. The summed E-state index contributed by atoms with van der Waals surface area (Å²) in [4.78, 5) is 0. The smallest absolute Gasteiger partial charge is 0.201 e. The molecule has 0 bridgehead atoms. The van der Waals surface area contributed by atoms with Crippen LogP contribution in [0.3, 0.4) is 0 Å². The lowest BCUT2D eigenvalue weighted by Gasteiger charge is -2.24. The van der Waals surface area contributed by atoms with Gasteiger partial charge in [0.25, 0.3) is 0 Å². The van der Waals surface area contributed by atoms with Gasteiger partial charge in [-0.3, -0.25) is 0 Å². The molecule has 0 saturated heterocycles. The molecule has 8 N–H and O–H groups in total. The third-order valence-corrected chi connectivity index (χ3v) is 8.26. The van der Waals surface area contributed by atoms with Crippen LogP contribution in [0.1, 0.15) is 59.8 Å². The second-order valence-electron chi connectivity index (χ2n) is 10.5. The van der Waals surface area contributed by atoms with Crippen molar-refractivity contribution in [2.24, 2.45) is 0 Å². The summed E-state index contributed by atoms with van der Waals surface area (Å²) in [6, 6.07) is 1.79. The Balaban J connectivity index is 1.98. The molecule has 9 heteroatoms. The van der Waals surface area contributed by atoms with E-state index in [-0.39, 0.29) is 44.9 Å². The normalized spacial score (nSPS) is 15.6. The Labute approximate surface area is 212 Å². The van der Waals surface area contributed by atoms with Gasteiger partial charge in [-0.25, -0.2) is 0 Å². The Morgan fingerprint density at radius 3 is 1.65 bits per heavy atom. The zero-order chi connectivity index (χ0) is 26.7. The highest BCUT2D eigenvalue weighted by Gasteiger charge is 2.37. The van der Waals surface area contributed by atoms with Crippen LogP contribution in [0.15, 0.2) is 6.07 Å². The van der Waals surface area contributed by atoms with Gasteiger partial charge in [-0.1, -0.05) is 0 Å². The van der Waals surface area contributed by atoms with Gasteiger partial charge in [-0.05, 0) is 90.4 Å². The molecule has 8 nitrogen and oxygen atoms in total. The molecule has 0 unspecified atom stereocenters. The van der Waals surface area contributed by atoms with Gasteiger partial charge < -0.3 is 40.9 Å². The minimum Gasteiger partial charge on any atom is -0.508 e. The number of phenols is 8. The third-order valence-electron chi connectivity index (χ3n) is 8.26. The summed E-state index contributed by atoms with van der Waals surface area (Å²) in [6.07, 6.45) is 3.43. The van der Waals surface area contributed by atoms with E-state index in [2.05, 4.69) is 0 Å². The fourth-order valence-corrected chi connectivity index (χ4v) is 5.84. The van der Waals surface area contributed by atoms with Crippen molar-refractivity contribution < 1.29 is 40.9 Å². The number of aromatic hydroxyl groups is 8. The lowest BCUT2D eigenvalue weighted by molar-refractivity contribution is 0.365. The maximum absolute atomic E-state index is 11.5. The molecule has 0 radical (unpaired) electrons. The Kier molecular flexibility index (Phi) is 4.68. The van der Waals surface area contributed by atoms with Crippen molar-refractivity contribution in [1.82, 2.24) is 0 Å². The lowest BCUT2D eigenvalue weighted by Crippen LogP contribution is -2.06. The van der Waals surface area contributed by atoms with Crippen LogP contribution in [-0.4, -0.2) is 48.7 Å². The van der Waals surface area contributed by atoms with E-state index in [1.165, 1.54) is 7.85 Å². The highest BCUT2D eigenvalue weighted by Crippen LogP contribution is 2.61. The van der Waals surface area contributed by atoms with E-state index in [1.807, 2.05) is 6.92 Å². The summed E-state index contributed by atoms with van der Waals surface area (Å²) < 4.78 is 0. The van der Waals surface area contributed by atoms with Crippen molar-refractivity contribution in [3.05, 3.63) is 28.3 Å². The maximum atomic E-state index is 11.5. The van der Waals surface area contributed by atoms with Crippen LogP contribution in [-0.2, 0) is 0 Å². The van der Waals surface area contributed by atoms with Crippen LogP contribution in [0, 0.1) is 13.8 Å². The molecule has 0 spiro atoms. The molecule has 4 aromatic rings. The fraction of sp³-hybridized carbons (Fsp3) is 0.286. The van der Waals surface area contributed by atoms with Crippen LogP contribution >= 0.6 is 0 Å². The van der Waals surface area contributed by atoms with Gasteiger partial charge in [0.05, 0.1) is 5.56 Å². The van der Waals surface area contributed by atoms with E-state index in [9.17, 15) is 40.9 Å². The average Bonchev–Trinajstić information content (AvgIpc) is 3.79. The quantitative estimate of drug-likeness (QED) is 0.0905. The first-order valence-electron chi connectivity index (χ1n) is 12.3. The highest BCUT2D eigenvalue weighted by molar-refractivity contribution is 6.38. The fourth-order valence-electron chi connectivity index (χ4n) is 5.84. The first kappa shape index (κ1) is 23.3. The Morgan fingerprint density at radius 2 is 1.05 bits per heavy atom. The van der Waals surface area contributed by atoms with Gasteiger partial charge in [0.1, 0.15) is 19.3 Å². The zero-order valence-corrected chi connectivity index (χ0v) is 20.6. The molecule has 4 aromatic carbocycles. The number of hydrogen-bond acceptors (Lipinski definition) is 8. The molecule has 2 aliphatic rings. The van der Waals surface area contributed by atoms with E-state index in [0.717, 1.165) is 36.8 Å². The molecule has 37 heavy (non-hydrogen) atoms. The summed E-state index contributed by atoms with van der Waals surface area (Å²) in [7, 11) is 1.35. The summed E-state index contributed by atoms with van der Waals surface area (Å²) in [5.74, 6) is -4.84. The molecular formula is C28H27BO8. The molecule has 6 rings (SSSR count). The summed E-state index contributed by atoms with van der Waals surface area (Å²) >= 11 is 0. The standard InChI is InChI=1S/C28H27BO8/c1-8-9(2)21(30)16-12(14(8)10-3-4-10)7-13-15(11-5-6-11)23(32)27(36)24(33)17(13)18(16)19-22(31)20(29)26(35)28(37)25(19)34/h7,10-11,30-37H,3-6,29H2,1-2H3. The van der Waals surface area contributed by atoms with Crippen LogP contribution in [0.5, 0.6) is 46.0 Å². The van der Waals surface area contributed by atoms with E-state index in [1.54, 1.807) is 13.0 Å². The first-order chi connectivity index (χ1) is 17.5. The van der Waals surface area contributed by atoms with Crippen LogP contribution in [0.2, 0.25) is 0 Å². The van der Waals surface area contributed by atoms with Crippen molar-refractivity contribution in [2.75, 3.05) is 0 Å². The van der Waals surface area contributed by atoms with Crippen molar-refractivity contribution in [2.45, 2.75) is 51.4 Å². The molecular weight excluding hydrogens is 475 g/mol. The Morgan fingerprint density at radius 1 is 0.541 bits per heavy atom. The van der Waals surface area contributed by atoms with Crippen LogP contribution in [0.25, 0.3) is 32.7 Å². The second-order valence-corrected chi connectivity index (χ2v) is 10.5. The number of fused-ring (bicyclic) bond motifs is 2. The molecule has 0 heterocycles. The molecule has 2 saturated carbocycles. The SMILES string of the molecule is Bc1c(O)c(O)c(O)c(-c2c3c(O)c(C)c(C)c(C4CC4)c3cc3c(C4CC4)c(O)c(O)c(O)c23)c1O. The second kappa shape index (κ2) is 7.44. The Bertz CT molecular complexity index is 1580. The van der Waals surface area contributed by atoms with Gasteiger partial charge in [-0.2, -0.15) is 0 Å². The van der Waals surface area contributed by atoms with Crippen molar-refractivity contribution >= 4 is 34.9 Å². The van der Waals surface area contributed by atoms with Crippen molar-refractivity contribution in [1.29, 1.82) is 0 Å². The number of hydrogen-bond donors (Lipinski definition) is 8. The van der Waals surface area contributed by atoms with Gasteiger partial charge in [0.15, 0.2) is 23.0 Å². The zero-order valence-electron chi connectivity index (χ0n) is 20.6. The van der Waals surface area contributed by atoms with Gasteiger partial charge in [0, 0.05) is 21.9 Å². The van der Waals surface area contributed by atoms with Gasteiger partial charge in [0.2, 0.25) is 11.5 Å². The monoisotopic (exact) mass is 502 g/mol. The predicted molar refractivity (Wildman–Crippen MR) is 142 cm³/mol. The van der Waals surface area contributed by atoms with E-state index < -0.39 is 40.2 Å². The van der Waals surface area contributed by atoms with E-state index >= 15 is 0 Å². The molecule has 0 atom stereocenters. The summed E-state index contributed by atoms with van der Waals surface area (Å²) in [5.41, 5.74) is 2.46. The van der Waals surface area contributed by atoms with Crippen molar-refractivity contribution in [3.8, 4) is 57.1 Å². The maximum Gasteiger partial charge on any atom is 0.201 e. The molecule has 0 aromatic heterocycles. The summed E-state index contributed by atoms with van der Waals surface area (Å²) in [5, 5.41) is 88.5. The van der Waals surface area contributed by atoms with E-state index in [4.69, 9.17) is 0 Å². The number of phenolic OH excluding ortho intramolecular Hbond substituents is 8.